The Morgan fingerprint density at radius 2 is 1.81 bits per heavy atom. The summed E-state index contributed by atoms with van der Waals surface area (Å²) in [4.78, 5) is 16.0. The first kappa shape index (κ1) is 22.2. The van der Waals surface area contributed by atoms with E-state index in [1.165, 1.54) is 36.1 Å². The first-order chi connectivity index (χ1) is 15.0. The van der Waals surface area contributed by atoms with E-state index in [0.29, 0.717) is 24.2 Å². The summed E-state index contributed by atoms with van der Waals surface area (Å²) in [6.45, 7) is 1.88. The molecule has 3 aromatic rings. The number of nitrogens with zero attached hydrogens (tertiary/aromatic N) is 6. The third-order valence-electron chi connectivity index (χ3n) is 5.14. The summed E-state index contributed by atoms with van der Waals surface area (Å²) in [5.41, 5.74) is 1.43. The third kappa shape index (κ3) is 3.73. The number of fused-ring (bicyclic) bond motifs is 1. The largest absolute Gasteiger partial charge is 0.468 e. The molecule has 32 heavy (non-hydrogen) atoms. The van der Waals surface area contributed by atoms with Gasteiger partial charge in [0.15, 0.2) is 0 Å². The van der Waals surface area contributed by atoms with E-state index in [-0.39, 0.29) is 22.6 Å². The summed E-state index contributed by atoms with van der Waals surface area (Å²) in [7, 11) is -6.31. The molecule has 1 aliphatic rings. The molecule has 4 rings (SSSR count). The number of methoxy groups -OCH3 is 1. The Hall–Kier alpha value is -2.97. The Bertz CT molecular complexity index is 1420. The van der Waals surface area contributed by atoms with Crippen molar-refractivity contribution < 1.29 is 26.4 Å². The van der Waals surface area contributed by atoms with Crippen LogP contribution in [0.25, 0.3) is 16.9 Å². The highest BCUT2D eigenvalue weighted by Crippen LogP contribution is 2.28. The molecule has 14 heteroatoms. The van der Waals surface area contributed by atoms with Crippen molar-refractivity contribution in [1.29, 1.82) is 0 Å². The van der Waals surface area contributed by atoms with E-state index in [1.807, 2.05) is 0 Å². The van der Waals surface area contributed by atoms with Gasteiger partial charge in [-0.1, -0.05) is 0 Å². The molecule has 0 N–H and O–H groups in total. The number of esters is 1. The molecule has 0 aliphatic carbocycles. The number of carbonyl (C=O) groups excluding carboxylic acids is 1. The van der Waals surface area contributed by atoms with Crippen LogP contribution in [0.1, 0.15) is 18.5 Å². The standard InChI is InChI=1S/C18H20N6O6S2/c1-11-15-16(20-21-18(19-15)31(3,26)27)24(22-11)12-6-8-13(9-7-12)32(28,29)23-10-4-5-14(23)17(25)30-2/h6-9,14H,4-5,10H2,1-3H3. The fourth-order valence-corrected chi connectivity index (χ4v) is 5.66. The topological polar surface area (TPSA) is 154 Å². The molecular weight excluding hydrogens is 460 g/mol. The molecule has 0 spiro atoms. The van der Waals surface area contributed by atoms with Gasteiger partial charge in [0.1, 0.15) is 11.6 Å². The monoisotopic (exact) mass is 480 g/mol. The van der Waals surface area contributed by atoms with Crippen LogP contribution in [0.3, 0.4) is 0 Å². The Labute approximate surface area is 184 Å². The summed E-state index contributed by atoms with van der Waals surface area (Å²) in [6.07, 6.45) is 1.96. The Morgan fingerprint density at radius 3 is 2.44 bits per heavy atom. The van der Waals surface area contributed by atoms with Crippen LogP contribution >= 0.6 is 0 Å². The first-order valence-electron chi connectivity index (χ1n) is 9.54. The molecular formula is C18H20N6O6S2. The summed E-state index contributed by atoms with van der Waals surface area (Å²) < 4.78 is 56.8. The number of rotatable bonds is 5. The predicted molar refractivity (Wildman–Crippen MR) is 111 cm³/mol. The molecule has 2 aromatic heterocycles. The smallest absolute Gasteiger partial charge is 0.324 e. The number of benzene rings is 1. The number of sulfone groups is 1. The normalized spacial score (nSPS) is 17.7. The van der Waals surface area contributed by atoms with Crippen LogP contribution in [0, 0.1) is 6.92 Å². The molecule has 1 saturated heterocycles. The minimum atomic E-state index is -3.91. The molecule has 1 aromatic carbocycles. The fourth-order valence-electron chi connectivity index (χ4n) is 3.57. The van der Waals surface area contributed by atoms with E-state index in [0.717, 1.165) is 10.6 Å². The van der Waals surface area contributed by atoms with Crippen molar-refractivity contribution in [3.05, 3.63) is 30.0 Å². The van der Waals surface area contributed by atoms with Crippen molar-refractivity contribution in [2.45, 2.75) is 35.9 Å². The summed E-state index contributed by atoms with van der Waals surface area (Å²) in [6, 6.07) is 5.05. The van der Waals surface area contributed by atoms with Gasteiger partial charge in [0, 0.05) is 12.8 Å². The quantitative estimate of drug-likeness (QED) is 0.464. The van der Waals surface area contributed by atoms with Gasteiger partial charge in [-0.3, -0.25) is 4.79 Å². The second kappa shape index (κ2) is 7.86. The second-order valence-electron chi connectivity index (χ2n) is 7.33. The van der Waals surface area contributed by atoms with Crippen LogP contribution < -0.4 is 0 Å². The van der Waals surface area contributed by atoms with Gasteiger partial charge in [-0.15, -0.1) is 10.2 Å². The maximum Gasteiger partial charge on any atom is 0.324 e. The fraction of sp³-hybridized carbons (Fsp3) is 0.389. The van der Waals surface area contributed by atoms with Crippen molar-refractivity contribution in [2.24, 2.45) is 0 Å². The molecule has 1 atom stereocenters. The summed E-state index contributed by atoms with van der Waals surface area (Å²) in [5, 5.41) is 11.5. The minimum Gasteiger partial charge on any atom is -0.468 e. The molecule has 0 radical (unpaired) electrons. The second-order valence-corrected chi connectivity index (χ2v) is 11.1. The predicted octanol–water partition coefficient (Wildman–Crippen LogP) is 0.249. The lowest BCUT2D eigenvalue weighted by Gasteiger charge is -2.22. The molecule has 1 unspecified atom stereocenters. The van der Waals surface area contributed by atoms with E-state index < -0.39 is 37.0 Å². The Morgan fingerprint density at radius 1 is 1.12 bits per heavy atom. The molecule has 3 heterocycles. The highest BCUT2D eigenvalue weighted by Gasteiger charge is 2.40. The van der Waals surface area contributed by atoms with Gasteiger partial charge in [0.2, 0.25) is 25.5 Å². The van der Waals surface area contributed by atoms with Gasteiger partial charge in [0.05, 0.1) is 23.4 Å². The van der Waals surface area contributed by atoms with Crippen molar-refractivity contribution in [3.63, 3.8) is 0 Å². The Kier molecular flexibility index (Phi) is 5.46. The molecule has 170 valence electrons. The minimum absolute atomic E-state index is 0.0220. The number of hydrogen-bond donors (Lipinski definition) is 0. The zero-order valence-corrected chi connectivity index (χ0v) is 19.1. The van der Waals surface area contributed by atoms with Gasteiger partial charge in [-0.2, -0.15) is 9.40 Å². The number of aryl methyl sites for hydroxylation is 1. The van der Waals surface area contributed by atoms with Crippen LogP contribution in [0.2, 0.25) is 0 Å². The van der Waals surface area contributed by atoms with E-state index >= 15 is 0 Å². The van der Waals surface area contributed by atoms with E-state index in [9.17, 15) is 21.6 Å². The number of hydrogen-bond acceptors (Lipinski definition) is 10. The van der Waals surface area contributed by atoms with Crippen molar-refractivity contribution in [3.8, 4) is 5.69 Å². The van der Waals surface area contributed by atoms with Crippen LogP contribution in [0.4, 0.5) is 0 Å². The van der Waals surface area contributed by atoms with Crippen LogP contribution in [-0.2, 0) is 29.4 Å². The highest BCUT2D eigenvalue weighted by atomic mass is 32.2. The summed E-state index contributed by atoms with van der Waals surface area (Å²) >= 11 is 0. The number of carbonyl (C=O) groups is 1. The van der Waals surface area contributed by atoms with Crippen LogP contribution in [0.15, 0.2) is 34.3 Å². The lowest BCUT2D eigenvalue weighted by atomic mass is 10.2. The molecule has 12 nitrogen and oxygen atoms in total. The lowest BCUT2D eigenvalue weighted by Crippen LogP contribution is -2.41. The molecule has 0 bridgehead atoms. The molecule has 1 aliphatic heterocycles. The van der Waals surface area contributed by atoms with Crippen molar-refractivity contribution >= 4 is 37.0 Å². The molecule has 0 amide bonds. The Balaban J connectivity index is 1.70. The van der Waals surface area contributed by atoms with Crippen molar-refractivity contribution in [2.75, 3.05) is 19.9 Å². The van der Waals surface area contributed by atoms with Gasteiger partial charge < -0.3 is 4.74 Å². The maximum atomic E-state index is 13.1. The zero-order valence-electron chi connectivity index (χ0n) is 17.5. The lowest BCUT2D eigenvalue weighted by molar-refractivity contribution is -0.144. The van der Waals surface area contributed by atoms with Crippen LogP contribution in [-0.4, -0.2) is 78.0 Å². The third-order valence-corrected chi connectivity index (χ3v) is 7.90. The first-order valence-corrected chi connectivity index (χ1v) is 12.9. The zero-order chi connectivity index (χ0) is 23.3. The maximum absolute atomic E-state index is 13.1. The van der Waals surface area contributed by atoms with Gasteiger partial charge in [0.25, 0.3) is 5.16 Å². The number of aromatic nitrogens is 5. The summed E-state index contributed by atoms with van der Waals surface area (Å²) in [5.74, 6) is -0.583. The van der Waals surface area contributed by atoms with Crippen molar-refractivity contribution in [1.82, 2.24) is 29.3 Å². The van der Waals surface area contributed by atoms with Crippen LogP contribution in [0.5, 0.6) is 0 Å². The molecule has 0 saturated carbocycles. The van der Waals surface area contributed by atoms with Gasteiger partial charge >= 0.3 is 5.97 Å². The number of ether oxygens (including phenoxy) is 1. The van der Waals surface area contributed by atoms with E-state index in [2.05, 4.69) is 20.3 Å². The van der Waals surface area contributed by atoms with E-state index in [1.54, 1.807) is 6.92 Å². The van der Waals surface area contributed by atoms with E-state index in [4.69, 9.17) is 4.74 Å². The average molecular weight is 481 g/mol. The average Bonchev–Trinajstić information content (AvgIpc) is 3.38. The SMILES string of the molecule is COC(=O)C1CCCN1S(=O)(=O)c1ccc(-n2nc(C)c3nc(S(C)(=O)=O)nnc32)cc1. The van der Waals surface area contributed by atoms with Gasteiger partial charge in [-0.05, 0) is 44.0 Å². The highest BCUT2D eigenvalue weighted by molar-refractivity contribution is 7.90. The number of sulfonamides is 1. The van der Waals surface area contributed by atoms with Gasteiger partial charge in [-0.25, -0.2) is 26.5 Å². The molecule has 1 fully saturated rings.